The molecule has 0 radical (unpaired) electrons. The fraction of sp³-hybridized carbons (Fsp3) is 0.391. The summed E-state index contributed by atoms with van der Waals surface area (Å²) in [5.74, 6) is 1.62. The van der Waals surface area contributed by atoms with Crippen molar-refractivity contribution < 1.29 is 9.53 Å². The SMILES string of the molecule is CC(C)c1cc(C(=O)CN2Cc3ccc(C4CC4)nc3C2=N)ccc1OCC#N. The van der Waals surface area contributed by atoms with Crippen LogP contribution >= 0.6 is 0 Å². The molecule has 1 fully saturated rings. The number of Topliss-reactive ketones (excluding diaryl/α,β-unsaturated/α-hetero) is 1. The number of ether oxygens (including phenoxy) is 1. The van der Waals surface area contributed by atoms with Gasteiger partial charge in [-0.25, -0.2) is 4.98 Å². The van der Waals surface area contributed by atoms with Gasteiger partial charge in [0, 0.05) is 29.3 Å². The molecule has 0 atom stereocenters. The fourth-order valence-electron chi connectivity index (χ4n) is 3.69. The van der Waals surface area contributed by atoms with Gasteiger partial charge >= 0.3 is 0 Å². The molecule has 2 aromatic rings. The van der Waals surface area contributed by atoms with E-state index >= 15 is 0 Å². The Hall–Kier alpha value is -3.20. The van der Waals surface area contributed by atoms with Crippen molar-refractivity contribution in [3.8, 4) is 11.8 Å². The zero-order chi connectivity index (χ0) is 20.5. The number of hydrogen-bond donors (Lipinski definition) is 1. The van der Waals surface area contributed by atoms with Crippen LogP contribution in [0.25, 0.3) is 0 Å². The summed E-state index contributed by atoms with van der Waals surface area (Å²) >= 11 is 0. The number of nitrogens with one attached hydrogen (secondary N) is 1. The minimum Gasteiger partial charge on any atom is -0.478 e. The first-order chi connectivity index (χ1) is 14.0. The Morgan fingerprint density at radius 3 is 2.83 bits per heavy atom. The standard InChI is InChI=1S/C23H24N4O2/c1-14(2)18-11-16(6-8-21(18)29-10-9-24)20(28)13-27-12-17-5-7-19(15-3-4-15)26-22(17)23(27)25/h5-8,11,14-15,25H,3-4,10,12-13H2,1-2H3. The Balaban J connectivity index is 1.50. The third-order valence-corrected chi connectivity index (χ3v) is 5.48. The molecule has 29 heavy (non-hydrogen) atoms. The molecule has 0 spiro atoms. The predicted octanol–water partition coefficient (Wildman–Crippen LogP) is 4.01. The van der Waals surface area contributed by atoms with Gasteiger partial charge in [-0.05, 0) is 48.6 Å². The molecule has 148 valence electrons. The van der Waals surface area contributed by atoms with Crippen LogP contribution in [0.3, 0.4) is 0 Å². The summed E-state index contributed by atoms with van der Waals surface area (Å²) < 4.78 is 5.49. The average molecular weight is 388 g/mol. The Morgan fingerprint density at radius 1 is 1.34 bits per heavy atom. The number of ketones is 1. The number of nitrogens with zero attached hydrogens (tertiary/aromatic N) is 3. The summed E-state index contributed by atoms with van der Waals surface area (Å²) in [7, 11) is 0. The molecule has 1 aliphatic carbocycles. The van der Waals surface area contributed by atoms with E-state index in [1.165, 1.54) is 12.8 Å². The molecular formula is C23H24N4O2. The summed E-state index contributed by atoms with van der Waals surface area (Å²) in [6.45, 7) is 4.71. The van der Waals surface area contributed by atoms with E-state index in [9.17, 15) is 4.79 Å². The lowest BCUT2D eigenvalue weighted by Crippen LogP contribution is -2.30. The Bertz CT molecular complexity index is 1020. The molecule has 0 unspecified atom stereocenters. The lowest BCUT2D eigenvalue weighted by molar-refractivity contribution is 0.0962. The first-order valence-corrected chi connectivity index (χ1v) is 9.98. The minimum absolute atomic E-state index is 0.0218. The van der Waals surface area contributed by atoms with E-state index in [2.05, 4.69) is 11.1 Å². The smallest absolute Gasteiger partial charge is 0.182 e. The summed E-state index contributed by atoms with van der Waals surface area (Å²) in [6, 6.07) is 11.4. The van der Waals surface area contributed by atoms with Crippen molar-refractivity contribution in [2.45, 2.75) is 45.1 Å². The average Bonchev–Trinajstić information content (AvgIpc) is 3.52. The van der Waals surface area contributed by atoms with Gasteiger partial charge in [-0.2, -0.15) is 5.26 Å². The van der Waals surface area contributed by atoms with Crippen LogP contribution < -0.4 is 4.74 Å². The molecule has 1 N–H and O–H groups in total. The molecule has 1 aromatic carbocycles. The second-order valence-electron chi connectivity index (χ2n) is 8.00. The zero-order valence-corrected chi connectivity index (χ0v) is 16.7. The molecule has 2 aliphatic rings. The van der Waals surface area contributed by atoms with Crippen molar-refractivity contribution in [3.05, 3.63) is 58.4 Å². The van der Waals surface area contributed by atoms with Crippen LogP contribution in [0.4, 0.5) is 0 Å². The number of carbonyl (C=O) groups excluding carboxylic acids is 1. The van der Waals surface area contributed by atoms with E-state index in [1.54, 1.807) is 17.0 Å². The maximum atomic E-state index is 12.9. The van der Waals surface area contributed by atoms with Crippen LogP contribution in [-0.2, 0) is 6.54 Å². The van der Waals surface area contributed by atoms with E-state index in [-0.39, 0.29) is 24.9 Å². The fourth-order valence-corrected chi connectivity index (χ4v) is 3.69. The number of hydrogen-bond acceptors (Lipinski definition) is 5. The molecular weight excluding hydrogens is 364 g/mol. The monoisotopic (exact) mass is 388 g/mol. The highest BCUT2D eigenvalue weighted by atomic mass is 16.5. The van der Waals surface area contributed by atoms with Crippen LogP contribution in [0.2, 0.25) is 0 Å². The molecule has 1 aliphatic heterocycles. The molecule has 6 nitrogen and oxygen atoms in total. The minimum atomic E-state index is -0.0429. The van der Waals surface area contributed by atoms with Gasteiger partial charge in [0.15, 0.2) is 12.4 Å². The van der Waals surface area contributed by atoms with Crippen LogP contribution in [-0.4, -0.2) is 34.7 Å². The van der Waals surface area contributed by atoms with Gasteiger partial charge in [-0.1, -0.05) is 19.9 Å². The normalized spacial score (nSPS) is 15.4. The summed E-state index contributed by atoms with van der Waals surface area (Å²) in [5, 5.41) is 17.2. The number of aromatic nitrogens is 1. The van der Waals surface area contributed by atoms with Gasteiger partial charge in [0.25, 0.3) is 0 Å². The Labute approximate surface area is 170 Å². The van der Waals surface area contributed by atoms with Crippen molar-refractivity contribution in [2.75, 3.05) is 13.2 Å². The first kappa shape index (κ1) is 19.1. The number of benzene rings is 1. The summed E-state index contributed by atoms with van der Waals surface area (Å²) in [4.78, 5) is 19.4. The Kier molecular flexibility index (Phi) is 5.06. The van der Waals surface area contributed by atoms with Gasteiger partial charge in [0.05, 0.1) is 6.54 Å². The number of pyridine rings is 1. The lowest BCUT2D eigenvalue weighted by Gasteiger charge is -2.18. The first-order valence-electron chi connectivity index (χ1n) is 9.98. The van der Waals surface area contributed by atoms with Crippen molar-refractivity contribution in [2.24, 2.45) is 0 Å². The van der Waals surface area contributed by atoms with Crippen LogP contribution in [0, 0.1) is 16.7 Å². The van der Waals surface area contributed by atoms with Crippen molar-refractivity contribution in [1.29, 1.82) is 10.7 Å². The molecule has 2 heterocycles. The van der Waals surface area contributed by atoms with Gasteiger partial charge in [0.1, 0.15) is 23.3 Å². The van der Waals surface area contributed by atoms with Gasteiger partial charge < -0.3 is 9.64 Å². The molecule has 4 rings (SSSR count). The maximum absolute atomic E-state index is 12.9. The third kappa shape index (κ3) is 3.86. The quantitative estimate of drug-likeness (QED) is 0.724. The van der Waals surface area contributed by atoms with Crippen LogP contribution in [0.15, 0.2) is 30.3 Å². The van der Waals surface area contributed by atoms with Gasteiger partial charge in [-0.15, -0.1) is 0 Å². The lowest BCUT2D eigenvalue weighted by atomic mass is 9.98. The Morgan fingerprint density at radius 2 is 2.14 bits per heavy atom. The van der Waals surface area contributed by atoms with E-state index in [0.717, 1.165) is 16.8 Å². The number of fused-ring (bicyclic) bond motifs is 1. The molecule has 6 heteroatoms. The molecule has 0 bridgehead atoms. The number of rotatable bonds is 7. The second-order valence-corrected chi connectivity index (χ2v) is 8.00. The number of nitriles is 1. The summed E-state index contributed by atoms with van der Waals surface area (Å²) in [6.07, 6.45) is 2.35. The molecule has 1 aromatic heterocycles. The largest absolute Gasteiger partial charge is 0.478 e. The molecule has 1 saturated carbocycles. The van der Waals surface area contributed by atoms with E-state index in [0.29, 0.717) is 35.3 Å². The topological polar surface area (TPSA) is 90.1 Å². The molecule has 0 amide bonds. The number of amidine groups is 1. The van der Waals surface area contributed by atoms with E-state index < -0.39 is 0 Å². The van der Waals surface area contributed by atoms with E-state index in [4.69, 9.17) is 15.4 Å². The predicted molar refractivity (Wildman–Crippen MR) is 109 cm³/mol. The van der Waals surface area contributed by atoms with E-state index in [1.807, 2.05) is 32.0 Å². The number of carbonyl (C=O) groups is 1. The third-order valence-electron chi connectivity index (χ3n) is 5.48. The van der Waals surface area contributed by atoms with Gasteiger partial charge in [-0.3, -0.25) is 10.2 Å². The zero-order valence-electron chi connectivity index (χ0n) is 16.7. The molecule has 0 saturated heterocycles. The van der Waals surface area contributed by atoms with Crippen molar-refractivity contribution in [1.82, 2.24) is 9.88 Å². The van der Waals surface area contributed by atoms with Crippen LogP contribution in [0.5, 0.6) is 5.75 Å². The summed E-state index contributed by atoms with van der Waals surface area (Å²) in [5.41, 5.74) is 4.28. The maximum Gasteiger partial charge on any atom is 0.182 e. The highest BCUT2D eigenvalue weighted by Crippen LogP contribution is 2.39. The second kappa shape index (κ2) is 7.67. The highest BCUT2D eigenvalue weighted by molar-refractivity contribution is 6.04. The van der Waals surface area contributed by atoms with Crippen molar-refractivity contribution >= 4 is 11.6 Å². The van der Waals surface area contributed by atoms with Gasteiger partial charge in [0.2, 0.25) is 0 Å². The van der Waals surface area contributed by atoms with Crippen LogP contribution in [0.1, 0.15) is 71.4 Å². The highest BCUT2D eigenvalue weighted by Gasteiger charge is 2.31. The van der Waals surface area contributed by atoms with Crippen molar-refractivity contribution in [3.63, 3.8) is 0 Å².